The van der Waals surface area contributed by atoms with Crippen molar-refractivity contribution in [2.24, 2.45) is 0 Å². The van der Waals surface area contributed by atoms with Gasteiger partial charge >= 0.3 is 0 Å². The summed E-state index contributed by atoms with van der Waals surface area (Å²) in [6.45, 7) is 7.96. The Hall–Kier alpha value is -1.39. The molecule has 1 heterocycles. The molecule has 1 aromatic heterocycles. The lowest BCUT2D eigenvalue weighted by atomic mass is 10.2. The summed E-state index contributed by atoms with van der Waals surface area (Å²) in [6.07, 6.45) is 2.96. The van der Waals surface area contributed by atoms with E-state index in [0.29, 0.717) is 0 Å². The normalized spacial score (nSPS) is 12.3. The van der Waals surface area contributed by atoms with Gasteiger partial charge in [-0.05, 0) is 38.0 Å². The van der Waals surface area contributed by atoms with Crippen LogP contribution in [0.2, 0.25) is 0 Å². The van der Waals surface area contributed by atoms with Crippen LogP contribution < -0.4 is 10.1 Å². The van der Waals surface area contributed by atoms with Gasteiger partial charge in [-0.1, -0.05) is 19.1 Å². The van der Waals surface area contributed by atoms with Gasteiger partial charge in [-0.3, -0.25) is 0 Å². The molecule has 0 aliphatic rings. The van der Waals surface area contributed by atoms with E-state index in [9.17, 15) is 0 Å². The van der Waals surface area contributed by atoms with Crippen LogP contribution in [0, 0.1) is 6.92 Å². The minimum Gasteiger partial charge on any atom is -0.494 e. The lowest BCUT2D eigenvalue weighted by Crippen LogP contribution is -2.17. The maximum absolute atomic E-state index is 5.58. The van der Waals surface area contributed by atoms with Crippen LogP contribution in [0.4, 0.5) is 0 Å². The standard InChI is InChI=1S/C16H22N2OS/c1-4-9-19-15-7-5-14(6-8-15)11-17-13(3)16-18-10-12(2)20-16/h5-8,10,13,17H,4,9,11H2,1-3H3. The van der Waals surface area contributed by atoms with Gasteiger partial charge in [0.05, 0.1) is 12.6 Å². The lowest BCUT2D eigenvalue weighted by Gasteiger charge is -2.11. The highest BCUT2D eigenvalue weighted by Gasteiger charge is 2.08. The third kappa shape index (κ3) is 4.32. The lowest BCUT2D eigenvalue weighted by molar-refractivity contribution is 0.317. The Morgan fingerprint density at radius 1 is 1.30 bits per heavy atom. The van der Waals surface area contributed by atoms with Crippen LogP contribution in [0.3, 0.4) is 0 Å². The number of aryl methyl sites for hydroxylation is 1. The first-order valence-electron chi connectivity index (χ1n) is 7.06. The van der Waals surface area contributed by atoms with Gasteiger partial charge in [0.25, 0.3) is 0 Å². The number of hydrogen-bond acceptors (Lipinski definition) is 4. The molecule has 0 saturated heterocycles. The largest absolute Gasteiger partial charge is 0.494 e. The maximum atomic E-state index is 5.58. The fourth-order valence-corrected chi connectivity index (χ4v) is 2.65. The van der Waals surface area contributed by atoms with Gasteiger partial charge in [0.2, 0.25) is 0 Å². The van der Waals surface area contributed by atoms with Gasteiger partial charge in [-0.15, -0.1) is 11.3 Å². The molecule has 0 radical (unpaired) electrons. The van der Waals surface area contributed by atoms with E-state index in [1.807, 2.05) is 18.3 Å². The first-order valence-corrected chi connectivity index (χ1v) is 7.88. The predicted octanol–water partition coefficient (Wildman–Crippen LogP) is 4.09. The Labute approximate surface area is 125 Å². The van der Waals surface area contributed by atoms with E-state index in [0.717, 1.165) is 30.3 Å². The van der Waals surface area contributed by atoms with Crippen molar-refractivity contribution in [3.63, 3.8) is 0 Å². The van der Waals surface area contributed by atoms with Crippen molar-refractivity contribution in [2.45, 2.75) is 39.8 Å². The van der Waals surface area contributed by atoms with Crippen LogP contribution in [-0.4, -0.2) is 11.6 Å². The molecule has 2 rings (SSSR count). The number of thiazole rings is 1. The number of hydrogen-bond donors (Lipinski definition) is 1. The number of rotatable bonds is 7. The van der Waals surface area contributed by atoms with E-state index < -0.39 is 0 Å². The third-order valence-electron chi connectivity index (χ3n) is 3.02. The zero-order chi connectivity index (χ0) is 14.4. The molecule has 0 bridgehead atoms. The van der Waals surface area contributed by atoms with Gasteiger partial charge in [0.15, 0.2) is 0 Å². The van der Waals surface area contributed by atoms with Crippen molar-refractivity contribution in [1.82, 2.24) is 10.3 Å². The van der Waals surface area contributed by atoms with Crippen molar-refractivity contribution in [3.05, 3.63) is 45.9 Å². The average molecular weight is 290 g/mol. The first kappa shape index (κ1) is 15.0. The molecule has 20 heavy (non-hydrogen) atoms. The van der Waals surface area contributed by atoms with Crippen molar-refractivity contribution in [2.75, 3.05) is 6.61 Å². The predicted molar refractivity (Wildman–Crippen MR) is 84.3 cm³/mol. The average Bonchev–Trinajstić information content (AvgIpc) is 2.90. The van der Waals surface area contributed by atoms with E-state index >= 15 is 0 Å². The Kier molecular flexibility index (Phi) is 5.56. The zero-order valence-electron chi connectivity index (χ0n) is 12.3. The molecular weight excluding hydrogens is 268 g/mol. The molecular formula is C16H22N2OS. The van der Waals surface area contributed by atoms with Gasteiger partial charge in [0, 0.05) is 17.6 Å². The Morgan fingerprint density at radius 2 is 2.05 bits per heavy atom. The van der Waals surface area contributed by atoms with E-state index in [-0.39, 0.29) is 6.04 Å². The number of nitrogens with one attached hydrogen (secondary N) is 1. The summed E-state index contributed by atoms with van der Waals surface area (Å²) in [5, 5.41) is 4.64. The summed E-state index contributed by atoms with van der Waals surface area (Å²) in [6, 6.07) is 8.57. The molecule has 108 valence electrons. The van der Waals surface area contributed by atoms with Crippen LogP contribution in [0.5, 0.6) is 5.75 Å². The Balaban J connectivity index is 1.84. The summed E-state index contributed by atoms with van der Waals surface area (Å²) >= 11 is 1.75. The minimum absolute atomic E-state index is 0.282. The van der Waals surface area contributed by atoms with Gasteiger partial charge in [0.1, 0.15) is 10.8 Å². The van der Waals surface area contributed by atoms with Crippen molar-refractivity contribution < 1.29 is 4.74 Å². The van der Waals surface area contributed by atoms with E-state index in [4.69, 9.17) is 4.74 Å². The molecule has 1 atom stereocenters. The summed E-state index contributed by atoms with van der Waals surface area (Å²) in [4.78, 5) is 5.67. The molecule has 4 heteroatoms. The second-order valence-corrected chi connectivity index (χ2v) is 6.17. The van der Waals surface area contributed by atoms with E-state index in [1.165, 1.54) is 10.4 Å². The van der Waals surface area contributed by atoms with E-state index in [1.54, 1.807) is 11.3 Å². The number of nitrogens with zero attached hydrogens (tertiary/aromatic N) is 1. The minimum atomic E-state index is 0.282. The molecule has 0 amide bonds. The Morgan fingerprint density at radius 3 is 2.65 bits per heavy atom. The Bertz CT molecular complexity index is 522. The monoisotopic (exact) mass is 290 g/mol. The molecule has 0 spiro atoms. The number of ether oxygens (including phenoxy) is 1. The molecule has 1 unspecified atom stereocenters. The van der Waals surface area contributed by atoms with Crippen LogP contribution in [0.15, 0.2) is 30.5 Å². The summed E-state index contributed by atoms with van der Waals surface area (Å²) in [7, 11) is 0. The van der Waals surface area contributed by atoms with Gasteiger partial charge in [-0.25, -0.2) is 4.98 Å². The van der Waals surface area contributed by atoms with Crippen molar-refractivity contribution in [1.29, 1.82) is 0 Å². The van der Waals surface area contributed by atoms with Crippen molar-refractivity contribution >= 4 is 11.3 Å². The third-order valence-corrected chi connectivity index (χ3v) is 4.11. The zero-order valence-corrected chi connectivity index (χ0v) is 13.2. The fraction of sp³-hybridized carbons (Fsp3) is 0.438. The molecule has 2 aromatic rings. The smallest absolute Gasteiger partial charge is 0.119 e. The topological polar surface area (TPSA) is 34.1 Å². The van der Waals surface area contributed by atoms with Gasteiger partial charge < -0.3 is 10.1 Å². The molecule has 0 aliphatic carbocycles. The van der Waals surface area contributed by atoms with Crippen LogP contribution in [0.25, 0.3) is 0 Å². The van der Waals surface area contributed by atoms with Crippen LogP contribution in [0.1, 0.15) is 41.8 Å². The fourth-order valence-electron chi connectivity index (χ4n) is 1.85. The van der Waals surface area contributed by atoms with Gasteiger partial charge in [-0.2, -0.15) is 0 Å². The summed E-state index contributed by atoms with van der Waals surface area (Å²) < 4.78 is 5.58. The second kappa shape index (κ2) is 7.41. The highest BCUT2D eigenvalue weighted by Crippen LogP contribution is 2.19. The molecule has 0 fully saturated rings. The SMILES string of the molecule is CCCOc1ccc(CNC(C)c2ncc(C)s2)cc1. The first-order chi connectivity index (χ1) is 9.69. The van der Waals surface area contributed by atoms with E-state index in [2.05, 4.69) is 43.2 Å². The maximum Gasteiger partial charge on any atom is 0.119 e. The molecule has 1 aromatic carbocycles. The van der Waals surface area contributed by atoms with Crippen LogP contribution in [-0.2, 0) is 6.54 Å². The molecule has 3 nitrogen and oxygen atoms in total. The van der Waals surface area contributed by atoms with Crippen molar-refractivity contribution in [3.8, 4) is 5.75 Å². The number of aromatic nitrogens is 1. The second-order valence-electron chi connectivity index (χ2n) is 4.90. The molecule has 0 saturated carbocycles. The summed E-state index contributed by atoms with van der Waals surface area (Å²) in [5.41, 5.74) is 1.26. The summed E-state index contributed by atoms with van der Waals surface area (Å²) in [5.74, 6) is 0.944. The molecule has 1 N–H and O–H groups in total. The molecule has 0 aliphatic heterocycles. The highest BCUT2D eigenvalue weighted by molar-refractivity contribution is 7.11. The number of benzene rings is 1. The highest BCUT2D eigenvalue weighted by atomic mass is 32.1. The quantitative estimate of drug-likeness (QED) is 0.834. The van der Waals surface area contributed by atoms with Crippen LogP contribution >= 0.6 is 11.3 Å².